The van der Waals surface area contributed by atoms with Gasteiger partial charge in [0.1, 0.15) is 12.0 Å². The molecule has 2 atom stereocenters. The summed E-state index contributed by atoms with van der Waals surface area (Å²) in [5.41, 5.74) is 0. The van der Waals surface area contributed by atoms with E-state index in [1.807, 2.05) is 0 Å². The van der Waals surface area contributed by atoms with Crippen LogP contribution in [0.25, 0.3) is 0 Å². The third-order valence-corrected chi connectivity index (χ3v) is 4.12. The molecule has 1 aromatic rings. The lowest BCUT2D eigenvalue weighted by molar-refractivity contribution is 0.172. The Morgan fingerprint density at radius 2 is 2.00 bits per heavy atom. The second kappa shape index (κ2) is 5.82. The number of halogens is 1. The standard InChI is InChI=1S/C14H20FN3O/c15-12-9-19-10-13(12)18(11-4-2-1-3-5-11)14-8-16-6-7-17-14/h6-8,11-13H,1-5,9-10H2/t12-,13-/m1/s1. The zero-order valence-corrected chi connectivity index (χ0v) is 11.0. The van der Waals surface area contributed by atoms with Crippen LogP contribution < -0.4 is 4.90 Å². The number of rotatable bonds is 3. The fraction of sp³-hybridized carbons (Fsp3) is 0.714. The van der Waals surface area contributed by atoms with Crippen molar-refractivity contribution < 1.29 is 9.13 Å². The summed E-state index contributed by atoms with van der Waals surface area (Å²) in [5.74, 6) is 0.785. The summed E-state index contributed by atoms with van der Waals surface area (Å²) in [7, 11) is 0. The Balaban J connectivity index is 1.86. The number of hydrogen-bond acceptors (Lipinski definition) is 4. The Morgan fingerprint density at radius 3 is 2.63 bits per heavy atom. The highest BCUT2D eigenvalue weighted by Gasteiger charge is 2.38. The van der Waals surface area contributed by atoms with E-state index in [0.717, 1.165) is 18.7 Å². The average Bonchev–Trinajstić information content (AvgIpc) is 2.88. The number of hydrogen-bond donors (Lipinski definition) is 0. The minimum absolute atomic E-state index is 0.203. The molecule has 2 aliphatic rings. The van der Waals surface area contributed by atoms with Gasteiger partial charge in [-0.25, -0.2) is 9.37 Å². The molecule has 1 saturated heterocycles. The highest BCUT2D eigenvalue weighted by Crippen LogP contribution is 2.30. The first-order chi connectivity index (χ1) is 9.36. The summed E-state index contributed by atoms with van der Waals surface area (Å²) in [5, 5.41) is 0. The Bertz CT molecular complexity index is 397. The highest BCUT2D eigenvalue weighted by molar-refractivity contribution is 5.39. The Labute approximate surface area is 113 Å². The van der Waals surface area contributed by atoms with Crippen LogP contribution in [-0.2, 0) is 4.74 Å². The first-order valence-corrected chi connectivity index (χ1v) is 7.12. The van der Waals surface area contributed by atoms with E-state index in [0.29, 0.717) is 12.6 Å². The molecule has 4 nitrogen and oxygen atoms in total. The van der Waals surface area contributed by atoms with Crippen molar-refractivity contribution in [2.75, 3.05) is 18.1 Å². The zero-order valence-electron chi connectivity index (χ0n) is 11.0. The lowest BCUT2D eigenvalue weighted by Crippen LogP contribution is -2.49. The summed E-state index contributed by atoms with van der Waals surface area (Å²) in [6, 6.07) is 0.162. The Hall–Kier alpha value is -1.23. The van der Waals surface area contributed by atoms with Gasteiger partial charge in [-0.3, -0.25) is 4.98 Å². The van der Waals surface area contributed by atoms with Gasteiger partial charge in [-0.1, -0.05) is 19.3 Å². The molecule has 0 radical (unpaired) electrons. The fourth-order valence-electron chi connectivity index (χ4n) is 3.18. The van der Waals surface area contributed by atoms with Crippen LogP contribution >= 0.6 is 0 Å². The summed E-state index contributed by atoms with van der Waals surface area (Å²) >= 11 is 0. The number of anilines is 1. The number of alkyl halides is 1. The van der Waals surface area contributed by atoms with Gasteiger partial charge < -0.3 is 9.64 Å². The van der Waals surface area contributed by atoms with Crippen LogP contribution in [0.15, 0.2) is 18.6 Å². The van der Waals surface area contributed by atoms with Crippen molar-refractivity contribution in [3.63, 3.8) is 0 Å². The third-order valence-electron chi connectivity index (χ3n) is 4.12. The van der Waals surface area contributed by atoms with E-state index in [4.69, 9.17) is 4.74 Å². The molecule has 0 bridgehead atoms. The van der Waals surface area contributed by atoms with Gasteiger partial charge in [-0.15, -0.1) is 0 Å². The minimum atomic E-state index is -0.927. The van der Waals surface area contributed by atoms with Gasteiger partial charge in [0, 0.05) is 18.4 Å². The molecule has 19 heavy (non-hydrogen) atoms. The summed E-state index contributed by atoms with van der Waals surface area (Å²) < 4.78 is 19.4. The number of nitrogens with zero attached hydrogens (tertiary/aromatic N) is 3. The second-order valence-electron chi connectivity index (χ2n) is 5.38. The molecule has 1 aromatic heterocycles. The van der Waals surface area contributed by atoms with E-state index in [9.17, 15) is 4.39 Å². The molecule has 0 N–H and O–H groups in total. The molecule has 5 heteroatoms. The monoisotopic (exact) mass is 265 g/mol. The largest absolute Gasteiger partial charge is 0.376 e. The number of ether oxygens (including phenoxy) is 1. The van der Waals surface area contributed by atoms with Gasteiger partial charge in [0.05, 0.1) is 25.5 Å². The van der Waals surface area contributed by atoms with Crippen LogP contribution in [0, 0.1) is 0 Å². The van der Waals surface area contributed by atoms with E-state index in [1.54, 1.807) is 18.6 Å². The molecule has 0 spiro atoms. The quantitative estimate of drug-likeness (QED) is 0.841. The molecular formula is C14H20FN3O. The Kier molecular flexibility index (Phi) is 3.92. The molecule has 2 heterocycles. The van der Waals surface area contributed by atoms with Crippen LogP contribution in [0.3, 0.4) is 0 Å². The molecule has 1 aliphatic heterocycles. The molecule has 104 valence electrons. The molecule has 0 unspecified atom stereocenters. The van der Waals surface area contributed by atoms with E-state index in [-0.39, 0.29) is 12.6 Å². The predicted molar refractivity (Wildman–Crippen MR) is 70.9 cm³/mol. The van der Waals surface area contributed by atoms with Gasteiger partial charge >= 0.3 is 0 Å². The topological polar surface area (TPSA) is 38.2 Å². The first kappa shape index (κ1) is 12.8. The van der Waals surface area contributed by atoms with Gasteiger partial charge in [0.25, 0.3) is 0 Å². The molecule has 1 aliphatic carbocycles. The smallest absolute Gasteiger partial charge is 0.147 e. The zero-order chi connectivity index (χ0) is 13.1. The highest BCUT2D eigenvalue weighted by atomic mass is 19.1. The number of aromatic nitrogens is 2. The minimum Gasteiger partial charge on any atom is -0.376 e. The normalized spacial score (nSPS) is 28.5. The van der Waals surface area contributed by atoms with Crippen molar-refractivity contribution in [1.82, 2.24) is 9.97 Å². The third kappa shape index (κ3) is 2.71. The predicted octanol–water partition coefficient (Wildman–Crippen LogP) is 2.35. The van der Waals surface area contributed by atoms with Gasteiger partial charge in [-0.2, -0.15) is 0 Å². The van der Waals surface area contributed by atoms with E-state index < -0.39 is 6.17 Å². The maximum absolute atomic E-state index is 14.1. The van der Waals surface area contributed by atoms with Crippen molar-refractivity contribution in [3.8, 4) is 0 Å². The van der Waals surface area contributed by atoms with Gasteiger partial charge in [0.15, 0.2) is 0 Å². The average molecular weight is 265 g/mol. The van der Waals surface area contributed by atoms with Gasteiger partial charge in [-0.05, 0) is 12.8 Å². The maximum atomic E-state index is 14.1. The van der Waals surface area contributed by atoms with Crippen LogP contribution in [0.2, 0.25) is 0 Å². The molecule has 0 amide bonds. The van der Waals surface area contributed by atoms with Crippen LogP contribution in [0.4, 0.5) is 10.2 Å². The van der Waals surface area contributed by atoms with Crippen LogP contribution in [-0.4, -0.2) is 41.4 Å². The summed E-state index contributed by atoms with van der Waals surface area (Å²) in [4.78, 5) is 10.6. The fourth-order valence-corrected chi connectivity index (χ4v) is 3.18. The maximum Gasteiger partial charge on any atom is 0.147 e. The van der Waals surface area contributed by atoms with Gasteiger partial charge in [0.2, 0.25) is 0 Å². The second-order valence-corrected chi connectivity index (χ2v) is 5.38. The van der Waals surface area contributed by atoms with Crippen molar-refractivity contribution in [3.05, 3.63) is 18.6 Å². The van der Waals surface area contributed by atoms with Crippen molar-refractivity contribution in [1.29, 1.82) is 0 Å². The summed E-state index contributed by atoms with van der Waals surface area (Å²) in [6.45, 7) is 0.655. The van der Waals surface area contributed by atoms with E-state index in [1.165, 1.54) is 19.3 Å². The lowest BCUT2D eigenvalue weighted by Gasteiger charge is -2.39. The SMILES string of the molecule is F[C@@H]1COC[C@H]1N(c1cnccn1)C1CCCCC1. The molecule has 1 saturated carbocycles. The van der Waals surface area contributed by atoms with Crippen LogP contribution in [0.1, 0.15) is 32.1 Å². The Morgan fingerprint density at radius 1 is 1.16 bits per heavy atom. The van der Waals surface area contributed by atoms with Crippen LogP contribution in [0.5, 0.6) is 0 Å². The summed E-state index contributed by atoms with van der Waals surface area (Å²) in [6.07, 6.45) is 10.1. The molecule has 0 aromatic carbocycles. The van der Waals surface area contributed by atoms with Crippen molar-refractivity contribution >= 4 is 5.82 Å². The molecule has 2 fully saturated rings. The van der Waals surface area contributed by atoms with E-state index >= 15 is 0 Å². The van der Waals surface area contributed by atoms with Crippen molar-refractivity contribution in [2.24, 2.45) is 0 Å². The van der Waals surface area contributed by atoms with E-state index in [2.05, 4.69) is 14.9 Å². The van der Waals surface area contributed by atoms with Crippen molar-refractivity contribution in [2.45, 2.75) is 50.4 Å². The molecule has 3 rings (SSSR count). The first-order valence-electron chi connectivity index (χ1n) is 7.12. The lowest BCUT2D eigenvalue weighted by atomic mass is 9.93. The molecular weight excluding hydrogens is 245 g/mol.